The molecular formula is C16H15ClF3N3O4. The van der Waals surface area contributed by atoms with Crippen molar-refractivity contribution >= 4 is 29.5 Å². The number of amidine groups is 1. The molecule has 27 heavy (non-hydrogen) atoms. The van der Waals surface area contributed by atoms with Gasteiger partial charge < -0.3 is 19.1 Å². The maximum Gasteiger partial charge on any atom is 0.446 e. The van der Waals surface area contributed by atoms with Gasteiger partial charge >= 0.3 is 17.8 Å². The van der Waals surface area contributed by atoms with Gasteiger partial charge in [-0.3, -0.25) is 0 Å². The monoisotopic (exact) mass is 405 g/mol. The molecule has 2 heterocycles. The Labute approximate surface area is 157 Å². The van der Waals surface area contributed by atoms with Crippen LogP contribution in [0, 0.1) is 0 Å². The van der Waals surface area contributed by atoms with Gasteiger partial charge in [0.25, 0.3) is 6.02 Å². The molecule has 0 unspecified atom stereocenters. The lowest BCUT2D eigenvalue weighted by Gasteiger charge is -2.35. The number of halogens is 4. The second kappa shape index (κ2) is 7.35. The Morgan fingerprint density at radius 2 is 1.85 bits per heavy atom. The molecule has 0 bridgehead atoms. The van der Waals surface area contributed by atoms with E-state index in [4.69, 9.17) is 21.1 Å². The van der Waals surface area contributed by atoms with Gasteiger partial charge in [0.1, 0.15) is 0 Å². The summed E-state index contributed by atoms with van der Waals surface area (Å²) >= 11 is 5.82. The molecule has 1 atom stereocenters. The summed E-state index contributed by atoms with van der Waals surface area (Å²) in [5.41, 5.74) is -3.25. The van der Waals surface area contributed by atoms with Crippen molar-refractivity contribution in [3.05, 3.63) is 34.9 Å². The number of hydrogen-bond acceptors (Lipinski definition) is 7. The topological polar surface area (TPSA) is 72.7 Å². The number of carbonyl (C=O) groups excluding carboxylic acids is 1. The van der Waals surface area contributed by atoms with E-state index < -0.39 is 23.7 Å². The zero-order valence-electron chi connectivity index (χ0n) is 14.1. The van der Waals surface area contributed by atoms with Gasteiger partial charge in [0.05, 0.1) is 20.3 Å². The first-order chi connectivity index (χ1) is 12.8. The van der Waals surface area contributed by atoms with E-state index in [0.717, 1.165) is 7.11 Å². The van der Waals surface area contributed by atoms with Crippen LogP contribution in [-0.2, 0) is 19.0 Å². The van der Waals surface area contributed by atoms with Crippen molar-refractivity contribution in [3.63, 3.8) is 0 Å². The van der Waals surface area contributed by atoms with Crippen molar-refractivity contribution in [2.24, 2.45) is 9.98 Å². The molecule has 11 heteroatoms. The van der Waals surface area contributed by atoms with Gasteiger partial charge in [-0.2, -0.15) is 23.2 Å². The van der Waals surface area contributed by atoms with Crippen LogP contribution in [-0.4, -0.2) is 68.0 Å². The van der Waals surface area contributed by atoms with Crippen molar-refractivity contribution in [3.8, 4) is 0 Å². The van der Waals surface area contributed by atoms with Crippen molar-refractivity contribution in [1.29, 1.82) is 0 Å². The summed E-state index contributed by atoms with van der Waals surface area (Å²) in [5, 5.41) is 0.382. The molecule has 0 amide bonds. The van der Waals surface area contributed by atoms with Gasteiger partial charge in [-0.1, -0.05) is 11.6 Å². The number of aliphatic imine (C=N–C) groups is 2. The Morgan fingerprint density at radius 1 is 1.22 bits per heavy atom. The van der Waals surface area contributed by atoms with Crippen LogP contribution < -0.4 is 0 Å². The molecule has 0 saturated carbocycles. The lowest BCUT2D eigenvalue weighted by atomic mass is 10.1. The number of rotatable bonds is 2. The van der Waals surface area contributed by atoms with E-state index in [-0.39, 0.29) is 37.9 Å². The molecule has 1 aromatic carbocycles. The fraction of sp³-hybridized carbons (Fsp3) is 0.438. The molecule has 7 nitrogen and oxygen atoms in total. The summed E-state index contributed by atoms with van der Waals surface area (Å²) in [6, 6.07) is 5.43. The molecule has 0 radical (unpaired) electrons. The third-order valence-corrected chi connectivity index (χ3v) is 4.20. The number of methoxy groups -OCH3 is 1. The van der Waals surface area contributed by atoms with E-state index in [0.29, 0.717) is 5.02 Å². The van der Waals surface area contributed by atoms with Crippen LogP contribution >= 0.6 is 11.6 Å². The summed E-state index contributed by atoms with van der Waals surface area (Å²) < 4.78 is 56.8. The smallest absolute Gasteiger partial charge is 0.446 e. The standard InChI is InChI=1S/C16H15ClF3N3O4/c1-25-13(24)15(16(18,19)20)21-12(10-2-4-11(17)5-3-10)27-14(22-15)23-6-8-26-9-7-23/h2-5H,6-9H2,1H3/t15-/m1/s1. The van der Waals surface area contributed by atoms with Gasteiger partial charge in [0.2, 0.25) is 5.90 Å². The lowest BCUT2D eigenvalue weighted by molar-refractivity contribution is -0.202. The van der Waals surface area contributed by atoms with Crippen LogP contribution in [0.4, 0.5) is 13.2 Å². The molecule has 0 spiro atoms. The quantitative estimate of drug-likeness (QED) is 0.706. The zero-order valence-corrected chi connectivity index (χ0v) is 14.9. The highest BCUT2D eigenvalue weighted by molar-refractivity contribution is 6.30. The van der Waals surface area contributed by atoms with Gasteiger partial charge in [-0.25, -0.2) is 4.79 Å². The lowest BCUT2D eigenvalue weighted by Crippen LogP contribution is -2.55. The molecule has 1 fully saturated rings. The Kier molecular flexibility index (Phi) is 5.29. The minimum absolute atomic E-state index is 0.206. The third kappa shape index (κ3) is 3.72. The molecular weight excluding hydrogens is 391 g/mol. The molecule has 2 aliphatic heterocycles. The van der Waals surface area contributed by atoms with E-state index in [1.54, 1.807) is 0 Å². The first kappa shape index (κ1) is 19.4. The largest absolute Gasteiger partial charge is 0.465 e. The summed E-state index contributed by atoms with van der Waals surface area (Å²) in [6.45, 7) is 1.07. The molecule has 2 aliphatic rings. The Hall–Kier alpha value is -2.33. The predicted octanol–water partition coefficient (Wildman–Crippen LogP) is 2.24. The fourth-order valence-electron chi connectivity index (χ4n) is 2.52. The Morgan fingerprint density at radius 3 is 2.41 bits per heavy atom. The normalized spacial score (nSPS) is 23.2. The highest BCUT2D eigenvalue weighted by Crippen LogP contribution is 2.39. The van der Waals surface area contributed by atoms with E-state index in [1.165, 1.54) is 29.2 Å². The van der Waals surface area contributed by atoms with E-state index in [2.05, 4.69) is 14.7 Å². The third-order valence-electron chi connectivity index (χ3n) is 3.95. The number of ether oxygens (including phenoxy) is 3. The number of benzene rings is 1. The van der Waals surface area contributed by atoms with E-state index in [1.807, 2.05) is 0 Å². The number of carbonyl (C=O) groups is 1. The molecule has 146 valence electrons. The van der Waals surface area contributed by atoms with Gasteiger partial charge in [0, 0.05) is 23.7 Å². The van der Waals surface area contributed by atoms with Gasteiger partial charge in [-0.15, -0.1) is 0 Å². The number of esters is 1. The second-order valence-electron chi connectivity index (χ2n) is 5.68. The summed E-state index contributed by atoms with van der Waals surface area (Å²) in [5.74, 6) is -2.07. The molecule has 1 saturated heterocycles. The highest BCUT2D eigenvalue weighted by atomic mass is 35.5. The molecule has 1 aromatic rings. The number of hydrogen-bond donors (Lipinski definition) is 0. The average Bonchev–Trinajstić information content (AvgIpc) is 2.67. The Balaban J connectivity index is 2.12. The van der Waals surface area contributed by atoms with Crippen LogP contribution in [0.5, 0.6) is 0 Å². The molecule has 0 N–H and O–H groups in total. The number of alkyl halides is 3. The Bertz CT molecular complexity index is 776. The van der Waals surface area contributed by atoms with Crippen molar-refractivity contribution in [1.82, 2.24) is 4.90 Å². The zero-order chi connectivity index (χ0) is 19.7. The first-order valence-electron chi connectivity index (χ1n) is 7.88. The van der Waals surface area contributed by atoms with Crippen LogP contribution in [0.3, 0.4) is 0 Å². The summed E-state index contributed by atoms with van der Waals surface area (Å²) in [7, 11) is 0.840. The molecule has 0 aliphatic carbocycles. The predicted molar refractivity (Wildman–Crippen MR) is 89.7 cm³/mol. The van der Waals surface area contributed by atoms with E-state index >= 15 is 0 Å². The van der Waals surface area contributed by atoms with Crippen molar-refractivity contribution in [2.75, 3.05) is 33.4 Å². The fourth-order valence-corrected chi connectivity index (χ4v) is 2.65. The van der Waals surface area contributed by atoms with Crippen LogP contribution in [0.1, 0.15) is 5.56 Å². The number of nitrogens with zero attached hydrogens (tertiary/aromatic N) is 3. The minimum atomic E-state index is -5.14. The maximum atomic E-state index is 13.9. The highest BCUT2D eigenvalue weighted by Gasteiger charge is 2.65. The molecule has 3 rings (SSSR count). The van der Waals surface area contributed by atoms with Crippen LogP contribution in [0.25, 0.3) is 0 Å². The van der Waals surface area contributed by atoms with Gasteiger partial charge in [0.15, 0.2) is 0 Å². The summed E-state index contributed by atoms with van der Waals surface area (Å²) in [6.07, 6.45) is -5.14. The first-order valence-corrected chi connectivity index (χ1v) is 8.26. The maximum absolute atomic E-state index is 13.9. The minimum Gasteiger partial charge on any atom is -0.465 e. The average molecular weight is 406 g/mol. The van der Waals surface area contributed by atoms with Crippen LogP contribution in [0.15, 0.2) is 34.3 Å². The SMILES string of the molecule is COC(=O)[C@@]1(C(F)(F)F)N=C(c2ccc(Cl)cc2)OC(N2CCOCC2)=N1. The second-order valence-corrected chi connectivity index (χ2v) is 6.12. The molecule has 0 aromatic heterocycles. The van der Waals surface area contributed by atoms with Crippen LogP contribution in [0.2, 0.25) is 5.02 Å². The van der Waals surface area contributed by atoms with Gasteiger partial charge in [-0.05, 0) is 24.3 Å². The summed E-state index contributed by atoms with van der Waals surface area (Å²) in [4.78, 5) is 20.6. The van der Waals surface area contributed by atoms with Crippen molar-refractivity contribution in [2.45, 2.75) is 11.8 Å². The van der Waals surface area contributed by atoms with Crippen molar-refractivity contribution < 1.29 is 32.2 Å². The number of morpholine rings is 1. The van der Waals surface area contributed by atoms with E-state index in [9.17, 15) is 18.0 Å².